The van der Waals surface area contributed by atoms with Gasteiger partial charge in [0, 0.05) is 67.2 Å². The zero-order valence-corrected chi connectivity index (χ0v) is 24.1. The number of benzene rings is 1. The summed E-state index contributed by atoms with van der Waals surface area (Å²) in [5, 5.41) is 17.8. The number of aliphatic hydroxyl groups is 1. The summed E-state index contributed by atoms with van der Waals surface area (Å²) in [6.07, 6.45) is 7.97. The summed E-state index contributed by atoms with van der Waals surface area (Å²) in [7, 11) is 0. The van der Waals surface area contributed by atoms with Crippen LogP contribution in [0.5, 0.6) is 0 Å². The maximum absolute atomic E-state index is 12.8. The van der Waals surface area contributed by atoms with Gasteiger partial charge in [-0.15, -0.1) is 0 Å². The third kappa shape index (κ3) is 4.72. The molecule has 1 aromatic carbocycles. The van der Waals surface area contributed by atoms with E-state index in [1.54, 1.807) is 0 Å². The smallest absolute Gasteiger partial charge is 0.182 e. The van der Waals surface area contributed by atoms with Crippen molar-refractivity contribution < 1.29 is 9.84 Å². The quantitative estimate of drug-likeness (QED) is 0.406. The zero-order valence-electron chi connectivity index (χ0n) is 24.1. The number of rotatable bonds is 8. The number of pyridine rings is 1. The lowest BCUT2D eigenvalue weighted by molar-refractivity contribution is -0.144. The molecule has 0 bridgehead atoms. The van der Waals surface area contributed by atoms with Crippen LogP contribution in [0.1, 0.15) is 101 Å². The fourth-order valence-electron chi connectivity index (χ4n) is 6.46. The van der Waals surface area contributed by atoms with Crippen LogP contribution >= 0.6 is 0 Å². The molecule has 39 heavy (non-hydrogen) atoms. The maximum atomic E-state index is 12.8. The van der Waals surface area contributed by atoms with Crippen LogP contribution in [-0.2, 0) is 10.3 Å². The Morgan fingerprint density at radius 2 is 1.67 bits per heavy atom. The van der Waals surface area contributed by atoms with E-state index < -0.39 is 5.60 Å². The molecule has 3 fully saturated rings. The van der Waals surface area contributed by atoms with Gasteiger partial charge in [0.1, 0.15) is 11.4 Å². The summed E-state index contributed by atoms with van der Waals surface area (Å²) in [4.78, 5) is 12.2. The van der Waals surface area contributed by atoms with Crippen LogP contribution in [0.3, 0.4) is 0 Å². The monoisotopic (exact) mass is 529 g/mol. The SMILES string of the molecule is CC(C)c1ccc(C(O)(c2cncc(-c3nc(C4CCOCC4)n(C4CC4)n3)c2)C2(C)CN(C(C)C)C2)cc1. The van der Waals surface area contributed by atoms with Crippen molar-refractivity contribution in [2.75, 3.05) is 26.3 Å². The van der Waals surface area contributed by atoms with Gasteiger partial charge in [0.05, 0.1) is 6.04 Å². The van der Waals surface area contributed by atoms with Crippen molar-refractivity contribution in [2.24, 2.45) is 5.41 Å². The van der Waals surface area contributed by atoms with Gasteiger partial charge in [-0.05, 0) is 62.6 Å². The fourth-order valence-corrected chi connectivity index (χ4v) is 6.46. The number of nitrogens with zero attached hydrogens (tertiary/aromatic N) is 5. The molecule has 7 nitrogen and oxygen atoms in total. The minimum Gasteiger partial charge on any atom is -0.381 e. The van der Waals surface area contributed by atoms with Crippen LogP contribution in [-0.4, -0.2) is 62.1 Å². The first-order valence-electron chi connectivity index (χ1n) is 14.8. The number of ether oxygens (including phenoxy) is 1. The molecule has 6 rings (SSSR count). The second-order valence-electron chi connectivity index (χ2n) is 12.9. The van der Waals surface area contributed by atoms with Crippen molar-refractivity contribution in [1.82, 2.24) is 24.6 Å². The molecule has 0 radical (unpaired) electrons. The summed E-state index contributed by atoms with van der Waals surface area (Å²) < 4.78 is 7.78. The molecule has 1 N–H and O–H groups in total. The Hall–Kier alpha value is -2.61. The highest BCUT2D eigenvalue weighted by Gasteiger charge is 2.56. The molecule has 1 atom stereocenters. The predicted octanol–water partition coefficient (Wildman–Crippen LogP) is 5.66. The Kier molecular flexibility index (Phi) is 6.89. The molecular weight excluding hydrogens is 486 g/mol. The third-order valence-corrected chi connectivity index (χ3v) is 9.25. The van der Waals surface area contributed by atoms with Crippen LogP contribution in [0.4, 0.5) is 0 Å². The highest BCUT2D eigenvalue weighted by atomic mass is 16.5. The average molecular weight is 530 g/mol. The second-order valence-corrected chi connectivity index (χ2v) is 12.9. The normalized spacial score (nSPS) is 21.7. The largest absolute Gasteiger partial charge is 0.381 e. The molecule has 1 aliphatic carbocycles. The van der Waals surface area contributed by atoms with E-state index in [9.17, 15) is 5.11 Å². The first-order chi connectivity index (χ1) is 18.7. The predicted molar refractivity (Wildman–Crippen MR) is 153 cm³/mol. The molecule has 2 aromatic heterocycles. The summed E-state index contributed by atoms with van der Waals surface area (Å²) in [5.41, 5.74) is 2.30. The Labute approximate surface area is 232 Å². The van der Waals surface area contributed by atoms with Gasteiger partial charge >= 0.3 is 0 Å². The van der Waals surface area contributed by atoms with Gasteiger partial charge in [-0.1, -0.05) is 45.0 Å². The zero-order chi connectivity index (χ0) is 27.4. The van der Waals surface area contributed by atoms with Gasteiger partial charge in [-0.2, -0.15) is 5.10 Å². The van der Waals surface area contributed by atoms with Crippen LogP contribution < -0.4 is 0 Å². The van der Waals surface area contributed by atoms with E-state index in [0.717, 1.165) is 74.5 Å². The maximum Gasteiger partial charge on any atom is 0.182 e. The molecule has 1 unspecified atom stereocenters. The number of likely N-dealkylation sites (tertiary alicyclic amines) is 1. The lowest BCUT2D eigenvalue weighted by Crippen LogP contribution is -2.66. The molecule has 2 saturated heterocycles. The first-order valence-corrected chi connectivity index (χ1v) is 14.8. The summed E-state index contributed by atoms with van der Waals surface area (Å²) >= 11 is 0. The standard InChI is InChI=1S/C32H43N5O2/c1-21(2)23-6-8-26(9-7-23)32(38,31(5)19-36(20-31)22(3)4)27-16-25(17-33-18-27)29-34-30(24-12-14-39-15-13-24)37(35-29)28-10-11-28/h6-9,16-18,21-22,24,28,38H,10-15,19-20H2,1-5H3. The van der Waals surface area contributed by atoms with E-state index in [4.69, 9.17) is 14.8 Å². The molecular formula is C32H43N5O2. The lowest BCUT2D eigenvalue weighted by Gasteiger charge is -2.58. The van der Waals surface area contributed by atoms with Gasteiger partial charge < -0.3 is 9.84 Å². The topological polar surface area (TPSA) is 76.3 Å². The Bertz CT molecular complexity index is 1300. The van der Waals surface area contributed by atoms with Crippen molar-refractivity contribution >= 4 is 0 Å². The van der Waals surface area contributed by atoms with Gasteiger partial charge in [0.2, 0.25) is 0 Å². The molecule has 4 heterocycles. The van der Waals surface area contributed by atoms with Crippen LogP contribution in [0.25, 0.3) is 11.4 Å². The third-order valence-electron chi connectivity index (χ3n) is 9.25. The van der Waals surface area contributed by atoms with Crippen molar-refractivity contribution in [3.63, 3.8) is 0 Å². The van der Waals surface area contributed by atoms with Crippen molar-refractivity contribution in [3.05, 3.63) is 65.2 Å². The molecule has 3 aliphatic rings. The van der Waals surface area contributed by atoms with E-state index in [0.29, 0.717) is 29.7 Å². The lowest BCUT2D eigenvalue weighted by atomic mass is 9.61. The minimum absolute atomic E-state index is 0.356. The molecule has 0 amide bonds. The molecule has 208 valence electrons. The number of hydrogen-bond acceptors (Lipinski definition) is 6. The average Bonchev–Trinajstić information content (AvgIpc) is 3.68. The summed E-state index contributed by atoms with van der Waals surface area (Å²) in [6, 6.07) is 11.5. The van der Waals surface area contributed by atoms with Crippen LogP contribution in [0.15, 0.2) is 42.7 Å². The summed E-state index contributed by atoms with van der Waals surface area (Å²) in [5.74, 6) is 2.60. The molecule has 2 aliphatic heterocycles. The van der Waals surface area contributed by atoms with Crippen LogP contribution in [0.2, 0.25) is 0 Å². The van der Waals surface area contributed by atoms with Gasteiger partial charge in [-0.3, -0.25) is 9.88 Å². The highest BCUT2D eigenvalue weighted by molar-refractivity contribution is 5.56. The molecule has 0 spiro atoms. The molecule has 3 aromatic rings. The summed E-state index contributed by atoms with van der Waals surface area (Å²) in [6.45, 7) is 14.2. The van der Waals surface area contributed by atoms with Crippen molar-refractivity contribution in [2.45, 2.75) is 89.8 Å². The Morgan fingerprint density at radius 1 is 0.974 bits per heavy atom. The fraction of sp³-hybridized carbons (Fsp3) is 0.594. The van der Waals surface area contributed by atoms with E-state index in [2.05, 4.69) is 79.5 Å². The van der Waals surface area contributed by atoms with E-state index in [-0.39, 0.29) is 5.41 Å². The van der Waals surface area contributed by atoms with Crippen molar-refractivity contribution in [3.8, 4) is 11.4 Å². The Morgan fingerprint density at radius 3 is 2.28 bits per heavy atom. The first kappa shape index (κ1) is 26.6. The Balaban J connectivity index is 1.41. The van der Waals surface area contributed by atoms with E-state index >= 15 is 0 Å². The molecule has 7 heteroatoms. The number of hydrogen-bond donors (Lipinski definition) is 1. The minimum atomic E-state index is -1.19. The highest BCUT2D eigenvalue weighted by Crippen LogP contribution is 2.51. The van der Waals surface area contributed by atoms with Gasteiger partial charge in [0.15, 0.2) is 5.82 Å². The van der Waals surface area contributed by atoms with E-state index in [1.165, 1.54) is 5.56 Å². The van der Waals surface area contributed by atoms with Crippen LogP contribution in [0, 0.1) is 5.41 Å². The van der Waals surface area contributed by atoms with Gasteiger partial charge in [0.25, 0.3) is 0 Å². The van der Waals surface area contributed by atoms with E-state index in [1.807, 2.05) is 12.4 Å². The number of aromatic nitrogens is 4. The van der Waals surface area contributed by atoms with Gasteiger partial charge in [-0.25, -0.2) is 9.67 Å². The molecule has 1 saturated carbocycles. The van der Waals surface area contributed by atoms with Crippen molar-refractivity contribution in [1.29, 1.82) is 0 Å². The second kappa shape index (κ2) is 10.1.